The Hall–Kier alpha value is -11.0. The molecule has 0 bridgehead atoms. The van der Waals surface area contributed by atoms with Crippen molar-refractivity contribution in [3.05, 3.63) is 233 Å². The number of carbonyl (C=O) groups excluding carboxylic acids is 2. The number of ether oxygens (including phenoxy) is 5. The summed E-state index contributed by atoms with van der Waals surface area (Å²) in [6, 6.07) is 38.8. The minimum Gasteiger partial charge on any atom is -0.493 e. The Kier molecular flexibility index (Phi) is 26.9. The number of nitro benzene ring substituents is 2. The summed E-state index contributed by atoms with van der Waals surface area (Å²) < 4.78 is 90.6. The molecule has 33 heteroatoms. The van der Waals surface area contributed by atoms with E-state index in [1.54, 1.807) is 60.9 Å². The van der Waals surface area contributed by atoms with Crippen molar-refractivity contribution in [3.63, 3.8) is 0 Å². The van der Waals surface area contributed by atoms with Crippen LogP contribution < -0.4 is 38.2 Å². The molecule has 4 saturated heterocycles. The lowest BCUT2D eigenvalue weighted by molar-refractivity contribution is -0.386. The third kappa shape index (κ3) is 21.3. The normalized spacial score (nSPS) is 20.6. The maximum Gasteiger partial charge on any atom is 0.277 e. The molecule has 6 aliphatic heterocycles. The van der Waals surface area contributed by atoms with E-state index in [2.05, 4.69) is 118 Å². The fraction of sp³-hybridized carbons (Fsp3) is 0.423. The van der Waals surface area contributed by atoms with Crippen LogP contribution in [0.1, 0.15) is 142 Å². The molecular weight excluding hydrogens is 1740 g/mol. The molecule has 29 nitrogen and oxygen atoms in total. The molecule has 2 amide bonds. The summed E-state index contributed by atoms with van der Waals surface area (Å²) in [6.07, 6.45) is 17.2. The zero-order valence-corrected chi connectivity index (χ0v) is 77.1. The molecule has 10 heterocycles. The lowest BCUT2D eigenvalue weighted by Gasteiger charge is -2.39. The van der Waals surface area contributed by atoms with Crippen molar-refractivity contribution in [1.29, 1.82) is 0 Å². The van der Waals surface area contributed by atoms with Gasteiger partial charge in [0.05, 0.1) is 80.2 Å². The van der Waals surface area contributed by atoms with E-state index in [4.69, 9.17) is 46.9 Å². The Morgan fingerprint density at radius 1 is 0.554 bits per heavy atom. The van der Waals surface area contributed by atoms with Crippen LogP contribution in [0, 0.1) is 42.9 Å². The average Bonchev–Trinajstić information content (AvgIpc) is 1.03. The van der Waals surface area contributed by atoms with Crippen LogP contribution in [-0.2, 0) is 37.6 Å². The Morgan fingerprint density at radius 3 is 1.45 bits per heavy atom. The van der Waals surface area contributed by atoms with Gasteiger partial charge in [0.25, 0.3) is 43.2 Å². The van der Waals surface area contributed by atoms with Crippen LogP contribution in [0.3, 0.4) is 0 Å². The number of allylic oxidation sites excluding steroid dienone is 2. The number of anilines is 2. The maximum absolute atomic E-state index is 14.1. The topological polar surface area (TPSA) is 336 Å². The average molecular weight is 1850 g/mol. The number of likely N-dealkylation sites (tertiary alicyclic amines) is 1. The largest absolute Gasteiger partial charge is 0.493 e. The van der Waals surface area contributed by atoms with Crippen LogP contribution in [0.5, 0.6) is 34.5 Å². The molecule has 18 rings (SSSR count). The molecule has 0 radical (unpaired) electrons. The van der Waals surface area contributed by atoms with E-state index in [1.807, 2.05) is 43.3 Å². The number of amides is 2. The van der Waals surface area contributed by atoms with E-state index < -0.39 is 51.5 Å². The summed E-state index contributed by atoms with van der Waals surface area (Å²) >= 11 is 12.5. The number of H-pyrrole nitrogens is 2. The van der Waals surface area contributed by atoms with Gasteiger partial charge in [0.1, 0.15) is 45.8 Å². The number of halogens is 2. The summed E-state index contributed by atoms with van der Waals surface area (Å²) in [5, 5.41) is 27.8. The van der Waals surface area contributed by atoms with Crippen LogP contribution in [0.4, 0.5) is 22.7 Å². The molecule has 2 aliphatic carbocycles. The van der Waals surface area contributed by atoms with E-state index in [9.17, 15) is 46.7 Å². The second-order valence-electron chi connectivity index (χ2n) is 37.4. The monoisotopic (exact) mass is 1840 g/mol. The van der Waals surface area contributed by atoms with E-state index in [1.165, 1.54) is 64.4 Å². The van der Waals surface area contributed by atoms with E-state index >= 15 is 0 Å². The Morgan fingerprint density at radius 2 is 1.01 bits per heavy atom. The SMILES string of the molecule is C[C@H]1CCCCN1C[C@@H]1COc2cc(S(=O)(=O)NC(=O)c3ccc(N4CCN(CC5=C(c6ccc(Cl)cc6)CC(C)(C)CC5)CC4)cc3Oc3cnc4[nH]ccc4c3)cc([N+](=O)[O-])c2C1.C[C@H]1CN(C[C@@H]2COc3cc(S(=O)(=O)NC(=O)c4ccc(N5CCN(CC6=C(c7ccc(Cl)cc7)CC(C)(C)CC6)CC5)cc4Oc4cnc5[nH]ccc5c4)cc([N+](=O)[O-])c3C2)CCO1. The Labute approximate surface area is 767 Å². The van der Waals surface area contributed by atoms with Gasteiger partial charge in [-0.1, -0.05) is 92.7 Å². The summed E-state index contributed by atoms with van der Waals surface area (Å²) in [7, 11) is -9.25. The van der Waals surface area contributed by atoms with Crippen molar-refractivity contribution in [1.82, 2.24) is 49.0 Å². The summed E-state index contributed by atoms with van der Waals surface area (Å²) in [4.78, 5) is 80.0. The Balaban J connectivity index is 0.000000182. The maximum atomic E-state index is 14.1. The molecule has 0 saturated carbocycles. The number of rotatable bonds is 24. The van der Waals surface area contributed by atoms with Gasteiger partial charge in [-0.25, -0.2) is 36.2 Å². The number of benzene rings is 6. The standard InChI is InChI=1S/C49H56ClN7O7S.C48H54ClN7O8S/c1-32-6-4-5-17-56(32)29-33-22-42-44(57(59)60)25-40(26-45(42)63-31-33)65(61,62)53-48(58)41-12-11-38(24-46(41)64-39-23-35-14-16-51-47(35)52-28-39)55-20-18-54(19-21-55)30-36-13-15-49(2,3)27-43(36)34-7-9-37(50)10-8-34;1-31-27-54(18-19-62-31)28-32-20-41-43(56(58)59)23-39(24-44(41)63-30-32)65(60,61)52-47(57)40-9-8-37(22-45(40)64-38-21-34-11-13-50-46(34)51-26-38)55-16-14-53(15-17-55)29-35-10-12-48(2,3)25-42(35)33-4-6-36(49)7-5-33/h7-12,14,16,23-26,28,32-33H,4-6,13,15,17-22,27,29-31H2,1-3H3,(H,51,52)(H,53,58);4-9,11,13,21-24,26,31-32H,10,12,14-20,25,27-30H2,1-3H3,(H,50,51)(H,52,57)/t32-,33+;31-,32+/m00/s1. The van der Waals surface area contributed by atoms with E-state index in [-0.39, 0.29) is 80.9 Å². The van der Waals surface area contributed by atoms with Crippen molar-refractivity contribution in [2.45, 2.75) is 134 Å². The lowest BCUT2D eigenvalue weighted by atomic mass is 9.72. The highest BCUT2D eigenvalue weighted by atomic mass is 35.5. The molecule has 4 fully saturated rings. The highest BCUT2D eigenvalue weighted by molar-refractivity contribution is 7.90. The van der Waals surface area contributed by atoms with Gasteiger partial charge in [-0.15, -0.1) is 0 Å². The number of hydrogen-bond acceptors (Lipinski definition) is 23. The van der Waals surface area contributed by atoms with Crippen LogP contribution in [0.15, 0.2) is 179 Å². The van der Waals surface area contributed by atoms with Gasteiger partial charge < -0.3 is 48.4 Å². The Bertz CT molecular complexity index is 6250. The number of nitro groups is 2. The van der Waals surface area contributed by atoms with Crippen LogP contribution in [0.25, 0.3) is 33.2 Å². The number of nitrogens with zero attached hydrogens (tertiary/aromatic N) is 10. The zero-order chi connectivity index (χ0) is 90.9. The van der Waals surface area contributed by atoms with Gasteiger partial charge in [0, 0.05) is 190 Å². The second kappa shape index (κ2) is 38.4. The molecule has 4 N–H and O–H groups in total. The molecule has 10 aromatic rings. The van der Waals surface area contributed by atoms with E-state index in [0.717, 1.165) is 187 Å². The van der Waals surface area contributed by atoms with Gasteiger partial charge in [-0.3, -0.25) is 44.5 Å². The first kappa shape index (κ1) is 90.9. The van der Waals surface area contributed by atoms with Gasteiger partial charge in [0.15, 0.2) is 0 Å². The van der Waals surface area contributed by atoms with Crippen molar-refractivity contribution < 1.29 is 60.0 Å². The zero-order valence-electron chi connectivity index (χ0n) is 74.0. The third-order valence-corrected chi connectivity index (χ3v) is 29.8. The summed E-state index contributed by atoms with van der Waals surface area (Å²) in [5.74, 6) is -0.733. The van der Waals surface area contributed by atoms with Crippen LogP contribution >= 0.6 is 23.2 Å². The highest BCUT2D eigenvalue weighted by Gasteiger charge is 2.39. The number of morpholine rings is 1. The fourth-order valence-electron chi connectivity index (χ4n) is 19.5. The molecule has 0 unspecified atom stereocenters. The minimum atomic E-state index is -4.63. The van der Waals surface area contributed by atoms with Gasteiger partial charge in [-0.2, -0.15) is 0 Å². The minimum absolute atomic E-state index is 0.0170. The highest BCUT2D eigenvalue weighted by Crippen LogP contribution is 2.48. The number of aromatic nitrogens is 4. The number of sulfonamides is 2. The predicted octanol–water partition coefficient (Wildman–Crippen LogP) is 17.3. The number of aromatic amines is 2. The van der Waals surface area contributed by atoms with Crippen molar-refractivity contribution in [2.24, 2.45) is 22.7 Å². The molecule has 130 heavy (non-hydrogen) atoms. The van der Waals surface area contributed by atoms with Crippen LogP contribution in [-0.4, -0.2) is 208 Å². The quantitative estimate of drug-likeness (QED) is 0.0322. The van der Waals surface area contributed by atoms with Gasteiger partial charge in [-0.05, 0) is 190 Å². The molecule has 6 aromatic carbocycles. The summed E-state index contributed by atoms with van der Waals surface area (Å²) in [5.41, 5.74) is 11.5. The molecule has 0 spiro atoms. The molecular formula is C97H110Cl2N14O15S2. The molecule has 4 aromatic heterocycles. The number of nitrogens with one attached hydrogen (secondary N) is 4. The number of fused-ring (bicyclic) bond motifs is 4. The number of pyridine rings is 2. The fourth-order valence-corrected chi connectivity index (χ4v) is 21.7. The smallest absolute Gasteiger partial charge is 0.277 e. The predicted molar refractivity (Wildman–Crippen MR) is 502 cm³/mol. The van der Waals surface area contributed by atoms with Crippen LogP contribution in [0.2, 0.25) is 10.0 Å². The molecule has 8 aliphatic rings. The van der Waals surface area contributed by atoms with Crippen molar-refractivity contribution in [2.75, 3.05) is 128 Å². The van der Waals surface area contributed by atoms with E-state index in [0.29, 0.717) is 72.6 Å². The van der Waals surface area contributed by atoms with Crippen molar-refractivity contribution >= 4 is 111 Å². The lowest BCUT2D eigenvalue weighted by Crippen LogP contribution is -2.47. The number of carbonyl (C=O) groups is 2. The number of piperazine rings is 2. The second-order valence-corrected chi connectivity index (χ2v) is 41.6. The first-order valence-corrected chi connectivity index (χ1v) is 48.6. The molecule has 4 atom stereocenters. The van der Waals surface area contributed by atoms with Gasteiger partial charge >= 0.3 is 0 Å². The number of hydrogen-bond donors (Lipinski definition) is 4. The summed E-state index contributed by atoms with van der Waals surface area (Å²) in [6.45, 7) is 26.5. The molecule has 684 valence electrons. The van der Waals surface area contributed by atoms with Gasteiger partial charge in [0.2, 0.25) is 0 Å². The first-order chi connectivity index (χ1) is 62.3. The third-order valence-electron chi connectivity index (χ3n) is 26.7. The van der Waals surface area contributed by atoms with Crippen molar-refractivity contribution in [3.8, 4) is 34.5 Å². The first-order valence-electron chi connectivity index (χ1n) is 44.8. The number of piperidine rings is 1.